The Morgan fingerprint density at radius 2 is 1.92 bits per heavy atom. The van der Waals surface area contributed by atoms with Crippen LogP contribution in [0.25, 0.3) is 6.08 Å². The smallest absolute Gasteiger partial charge is 0.324 e. The maximum absolute atomic E-state index is 12.0. The first-order chi connectivity index (χ1) is 12.1. The molecule has 130 valence electrons. The number of amides is 1. The molecule has 0 unspecified atom stereocenters. The quantitative estimate of drug-likeness (QED) is 0.504. The second-order valence-corrected chi connectivity index (χ2v) is 6.50. The Morgan fingerprint density at radius 1 is 1.20 bits per heavy atom. The number of nitrogens with one attached hydrogen (secondary N) is 1. The molecule has 8 heteroatoms. The normalized spacial score (nSPS) is 14.6. The van der Waals surface area contributed by atoms with E-state index < -0.39 is 4.92 Å². The Kier molecular flexibility index (Phi) is 5.42. The first-order valence-electron chi connectivity index (χ1n) is 7.78. The highest BCUT2D eigenvalue weighted by Gasteiger charge is 2.11. The van der Waals surface area contributed by atoms with E-state index in [9.17, 15) is 14.9 Å². The van der Waals surface area contributed by atoms with E-state index in [0.29, 0.717) is 10.6 Å². The molecule has 0 radical (unpaired) electrons. The molecule has 3 rings (SSSR count). The van der Waals surface area contributed by atoms with E-state index in [4.69, 9.17) is 4.74 Å². The SMILES string of the molecule is O=C(/C=C/c1ccc([N+](=O)[O-])s1)Nc1ccc(N2CCOCC2)cc1. The van der Waals surface area contributed by atoms with Crippen molar-refractivity contribution in [2.75, 3.05) is 36.5 Å². The third-order valence-electron chi connectivity index (χ3n) is 3.70. The van der Waals surface area contributed by atoms with Crippen LogP contribution in [0, 0.1) is 10.1 Å². The average Bonchev–Trinajstić information content (AvgIpc) is 3.11. The van der Waals surface area contributed by atoms with Crippen molar-refractivity contribution in [2.45, 2.75) is 0 Å². The number of benzene rings is 1. The minimum Gasteiger partial charge on any atom is -0.378 e. The Labute approximate surface area is 148 Å². The summed E-state index contributed by atoms with van der Waals surface area (Å²) in [7, 11) is 0. The number of carbonyl (C=O) groups is 1. The molecule has 1 aromatic carbocycles. The van der Waals surface area contributed by atoms with Gasteiger partial charge in [0.25, 0.3) is 0 Å². The highest BCUT2D eigenvalue weighted by molar-refractivity contribution is 7.16. The van der Waals surface area contributed by atoms with Gasteiger partial charge in [-0.25, -0.2) is 0 Å². The van der Waals surface area contributed by atoms with E-state index in [1.165, 1.54) is 12.1 Å². The topological polar surface area (TPSA) is 84.7 Å². The lowest BCUT2D eigenvalue weighted by Gasteiger charge is -2.28. The first-order valence-corrected chi connectivity index (χ1v) is 8.59. The van der Waals surface area contributed by atoms with Crippen LogP contribution in [-0.2, 0) is 9.53 Å². The van der Waals surface area contributed by atoms with Gasteiger partial charge in [-0.1, -0.05) is 11.3 Å². The van der Waals surface area contributed by atoms with Crippen molar-refractivity contribution in [1.29, 1.82) is 0 Å². The summed E-state index contributed by atoms with van der Waals surface area (Å²) in [5.74, 6) is -0.282. The predicted molar refractivity (Wildman–Crippen MR) is 98.1 cm³/mol. The lowest BCUT2D eigenvalue weighted by atomic mass is 10.2. The zero-order valence-corrected chi connectivity index (χ0v) is 14.2. The predicted octanol–water partition coefficient (Wildman–Crippen LogP) is 3.14. The van der Waals surface area contributed by atoms with Gasteiger partial charge < -0.3 is 15.0 Å². The van der Waals surface area contributed by atoms with Gasteiger partial charge in [0.2, 0.25) is 5.91 Å². The molecule has 25 heavy (non-hydrogen) atoms. The molecule has 1 aliphatic rings. The molecular weight excluding hydrogens is 342 g/mol. The summed E-state index contributed by atoms with van der Waals surface area (Å²) in [6, 6.07) is 10.7. The van der Waals surface area contributed by atoms with Crippen molar-refractivity contribution in [3.63, 3.8) is 0 Å². The fraction of sp³-hybridized carbons (Fsp3) is 0.235. The van der Waals surface area contributed by atoms with E-state index >= 15 is 0 Å². The van der Waals surface area contributed by atoms with E-state index in [1.807, 2.05) is 24.3 Å². The van der Waals surface area contributed by atoms with Crippen LogP contribution < -0.4 is 10.2 Å². The second-order valence-electron chi connectivity index (χ2n) is 5.40. The van der Waals surface area contributed by atoms with Gasteiger partial charge in [-0.15, -0.1) is 0 Å². The lowest BCUT2D eigenvalue weighted by Crippen LogP contribution is -2.36. The third kappa shape index (κ3) is 4.65. The third-order valence-corrected chi connectivity index (χ3v) is 4.70. The maximum atomic E-state index is 12.0. The van der Waals surface area contributed by atoms with Crippen molar-refractivity contribution < 1.29 is 14.5 Å². The number of hydrogen-bond acceptors (Lipinski definition) is 6. The number of nitrogens with zero attached hydrogens (tertiary/aromatic N) is 2. The van der Waals surface area contributed by atoms with E-state index in [2.05, 4.69) is 10.2 Å². The molecule has 1 amide bonds. The Bertz CT molecular complexity index is 779. The van der Waals surface area contributed by atoms with Crippen LogP contribution in [0.15, 0.2) is 42.5 Å². The molecule has 2 heterocycles. The summed E-state index contributed by atoms with van der Waals surface area (Å²) in [6.07, 6.45) is 2.93. The summed E-state index contributed by atoms with van der Waals surface area (Å²) in [4.78, 5) is 25.0. The fourth-order valence-electron chi connectivity index (χ4n) is 2.45. The number of rotatable bonds is 5. The van der Waals surface area contributed by atoms with Gasteiger partial charge in [0.05, 0.1) is 18.1 Å². The summed E-state index contributed by atoms with van der Waals surface area (Å²) in [6.45, 7) is 3.18. The maximum Gasteiger partial charge on any atom is 0.324 e. The standard InChI is InChI=1S/C17H17N3O4S/c21-16(7-5-15-6-8-17(25-15)20(22)23)18-13-1-3-14(4-2-13)19-9-11-24-12-10-19/h1-8H,9-12H2,(H,18,21)/b7-5+. The number of hydrogen-bond donors (Lipinski definition) is 1. The number of ether oxygens (including phenoxy) is 1. The van der Waals surface area contributed by atoms with E-state index in [1.54, 1.807) is 12.1 Å². The van der Waals surface area contributed by atoms with Crippen LogP contribution in [0.2, 0.25) is 0 Å². The minimum atomic E-state index is -0.446. The van der Waals surface area contributed by atoms with Crippen LogP contribution in [0.1, 0.15) is 4.88 Å². The van der Waals surface area contributed by atoms with Crippen LogP contribution in [0.5, 0.6) is 0 Å². The monoisotopic (exact) mass is 359 g/mol. The lowest BCUT2D eigenvalue weighted by molar-refractivity contribution is -0.380. The minimum absolute atomic E-state index is 0.0544. The zero-order valence-electron chi connectivity index (χ0n) is 13.4. The van der Waals surface area contributed by atoms with Crippen molar-refractivity contribution in [3.05, 3.63) is 57.5 Å². The molecule has 1 saturated heterocycles. The van der Waals surface area contributed by atoms with Gasteiger partial charge in [0.15, 0.2) is 0 Å². The highest BCUT2D eigenvalue weighted by atomic mass is 32.1. The highest BCUT2D eigenvalue weighted by Crippen LogP contribution is 2.25. The van der Waals surface area contributed by atoms with Gasteiger partial charge in [0.1, 0.15) is 0 Å². The number of carbonyl (C=O) groups excluding carboxylic acids is 1. The summed E-state index contributed by atoms with van der Waals surface area (Å²) in [5, 5.41) is 13.5. The Morgan fingerprint density at radius 3 is 2.56 bits per heavy atom. The van der Waals surface area contributed by atoms with E-state index in [0.717, 1.165) is 43.3 Å². The second kappa shape index (κ2) is 7.91. The van der Waals surface area contributed by atoms with Crippen LogP contribution in [0.4, 0.5) is 16.4 Å². The first kappa shape index (κ1) is 17.1. The summed E-state index contributed by atoms with van der Waals surface area (Å²) in [5.41, 5.74) is 1.80. The molecule has 2 aromatic rings. The Balaban J connectivity index is 1.56. The molecule has 0 bridgehead atoms. The van der Waals surface area contributed by atoms with Gasteiger partial charge in [0, 0.05) is 41.5 Å². The van der Waals surface area contributed by atoms with Crippen molar-refractivity contribution >= 4 is 39.7 Å². The average molecular weight is 359 g/mol. The fourth-order valence-corrected chi connectivity index (χ4v) is 3.17. The van der Waals surface area contributed by atoms with Crippen LogP contribution in [-0.4, -0.2) is 37.1 Å². The number of nitro groups is 1. The molecule has 1 aliphatic heterocycles. The van der Waals surface area contributed by atoms with E-state index in [-0.39, 0.29) is 10.9 Å². The van der Waals surface area contributed by atoms with Crippen molar-refractivity contribution in [3.8, 4) is 0 Å². The van der Waals surface area contributed by atoms with Crippen molar-refractivity contribution in [2.24, 2.45) is 0 Å². The number of thiophene rings is 1. The molecule has 0 saturated carbocycles. The molecule has 1 N–H and O–H groups in total. The molecule has 7 nitrogen and oxygen atoms in total. The van der Waals surface area contributed by atoms with Crippen molar-refractivity contribution in [1.82, 2.24) is 0 Å². The van der Waals surface area contributed by atoms with Gasteiger partial charge in [-0.2, -0.15) is 0 Å². The summed E-state index contributed by atoms with van der Waals surface area (Å²) < 4.78 is 5.33. The molecule has 0 spiro atoms. The largest absolute Gasteiger partial charge is 0.378 e. The molecule has 0 aliphatic carbocycles. The molecule has 0 atom stereocenters. The molecule has 1 aromatic heterocycles. The van der Waals surface area contributed by atoms with Crippen LogP contribution >= 0.6 is 11.3 Å². The Hall–Kier alpha value is -2.71. The summed E-state index contributed by atoms with van der Waals surface area (Å²) >= 11 is 1.03. The molecular formula is C17H17N3O4S. The number of morpholine rings is 1. The number of anilines is 2. The van der Waals surface area contributed by atoms with Crippen LogP contribution in [0.3, 0.4) is 0 Å². The van der Waals surface area contributed by atoms with Gasteiger partial charge >= 0.3 is 5.00 Å². The zero-order chi connectivity index (χ0) is 17.6. The van der Waals surface area contributed by atoms with Gasteiger partial charge in [-0.05, 0) is 36.4 Å². The molecule has 1 fully saturated rings. The van der Waals surface area contributed by atoms with Gasteiger partial charge in [-0.3, -0.25) is 14.9 Å².